The molecule has 8 heteroatoms. The van der Waals surface area contributed by atoms with Gasteiger partial charge in [-0.05, 0) is 58.4 Å². The summed E-state index contributed by atoms with van der Waals surface area (Å²) in [4.78, 5) is 12.5. The molecular weight excluding hydrogens is 472 g/mol. The molecular formula is C17H18Br2N2O3S. The number of hydrogen-bond donors (Lipinski definition) is 1. The predicted molar refractivity (Wildman–Crippen MR) is 106 cm³/mol. The van der Waals surface area contributed by atoms with Crippen molar-refractivity contribution in [2.24, 2.45) is 0 Å². The van der Waals surface area contributed by atoms with Crippen LogP contribution < -0.4 is 5.32 Å². The Hall–Kier alpha value is -1.22. The number of carbonyl (C=O) groups excluding carboxylic acids is 1. The lowest BCUT2D eigenvalue weighted by atomic mass is 10.2. The molecule has 0 fully saturated rings. The summed E-state index contributed by atoms with van der Waals surface area (Å²) in [5.41, 5.74) is 1.02. The highest BCUT2D eigenvalue weighted by Gasteiger charge is 2.21. The van der Waals surface area contributed by atoms with Gasteiger partial charge in [-0.2, -0.15) is 4.31 Å². The Morgan fingerprint density at radius 1 is 1.04 bits per heavy atom. The minimum Gasteiger partial charge on any atom is -0.321 e. The van der Waals surface area contributed by atoms with Crippen molar-refractivity contribution < 1.29 is 13.2 Å². The van der Waals surface area contributed by atoms with Gasteiger partial charge in [-0.15, -0.1) is 0 Å². The number of amides is 1. The van der Waals surface area contributed by atoms with Gasteiger partial charge in [0.2, 0.25) is 10.0 Å². The maximum absolute atomic E-state index is 12.5. The summed E-state index contributed by atoms with van der Waals surface area (Å²) in [7, 11) is -3.53. The van der Waals surface area contributed by atoms with Crippen LogP contribution >= 0.6 is 31.9 Å². The van der Waals surface area contributed by atoms with Crippen LogP contribution in [0.25, 0.3) is 0 Å². The third-order valence-corrected chi connectivity index (χ3v) is 6.85. The lowest BCUT2D eigenvalue weighted by molar-refractivity contribution is 0.102. The number of nitrogens with one attached hydrogen (secondary N) is 1. The topological polar surface area (TPSA) is 66.5 Å². The van der Waals surface area contributed by atoms with Gasteiger partial charge >= 0.3 is 0 Å². The van der Waals surface area contributed by atoms with E-state index in [1.54, 1.807) is 19.9 Å². The van der Waals surface area contributed by atoms with Gasteiger partial charge in [0.25, 0.3) is 5.91 Å². The van der Waals surface area contributed by atoms with Crippen LogP contribution in [0.15, 0.2) is 56.3 Å². The van der Waals surface area contributed by atoms with E-state index in [1.807, 2.05) is 12.1 Å². The maximum atomic E-state index is 12.5. The molecule has 0 bridgehead atoms. The molecule has 25 heavy (non-hydrogen) atoms. The Balaban J connectivity index is 2.20. The highest BCUT2D eigenvalue weighted by Crippen LogP contribution is 2.26. The summed E-state index contributed by atoms with van der Waals surface area (Å²) in [6.45, 7) is 4.38. The van der Waals surface area contributed by atoms with Crippen LogP contribution in [0.3, 0.4) is 0 Å². The molecule has 0 aliphatic carbocycles. The fourth-order valence-corrected chi connectivity index (χ4v) is 4.88. The molecule has 2 rings (SSSR count). The Kier molecular flexibility index (Phi) is 6.79. The standard InChI is InChI=1S/C17H18Br2N2O3S/c1-3-21(4-2)25(23,24)14-8-5-12(6-9-14)17(22)20-16-10-7-13(18)11-15(16)19/h5-11H,3-4H2,1-2H3,(H,20,22). The first kappa shape index (κ1) is 20.1. The molecule has 5 nitrogen and oxygen atoms in total. The van der Waals surface area contributed by atoms with E-state index in [2.05, 4.69) is 37.2 Å². The van der Waals surface area contributed by atoms with Gasteiger partial charge in [0, 0.05) is 27.6 Å². The Labute approximate surface area is 164 Å². The number of hydrogen-bond acceptors (Lipinski definition) is 3. The van der Waals surface area contributed by atoms with Crippen LogP contribution in [0.5, 0.6) is 0 Å². The Bertz CT molecular complexity index is 864. The summed E-state index contributed by atoms with van der Waals surface area (Å²) in [6, 6.07) is 11.4. The monoisotopic (exact) mass is 488 g/mol. The summed E-state index contributed by atoms with van der Waals surface area (Å²) in [5, 5.41) is 2.79. The van der Waals surface area contributed by atoms with E-state index >= 15 is 0 Å². The highest BCUT2D eigenvalue weighted by molar-refractivity contribution is 9.11. The molecule has 2 aromatic rings. The normalized spacial score (nSPS) is 11.6. The quantitative estimate of drug-likeness (QED) is 0.649. The molecule has 0 heterocycles. The number of anilines is 1. The van der Waals surface area contributed by atoms with Crippen molar-refractivity contribution in [1.82, 2.24) is 4.31 Å². The molecule has 0 aromatic heterocycles. The van der Waals surface area contributed by atoms with Crippen molar-refractivity contribution >= 4 is 53.5 Å². The molecule has 2 aromatic carbocycles. The largest absolute Gasteiger partial charge is 0.321 e. The van der Waals surface area contributed by atoms with Gasteiger partial charge in [-0.3, -0.25) is 4.79 Å². The highest BCUT2D eigenvalue weighted by atomic mass is 79.9. The summed E-state index contributed by atoms with van der Waals surface area (Å²) in [5.74, 6) is -0.310. The second-order valence-corrected chi connectivity index (χ2v) is 8.90. The SMILES string of the molecule is CCN(CC)S(=O)(=O)c1ccc(C(=O)Nc2ccc(Br)cc2Br)cc1. The van der Waals surface area contributed by atoms with E-state index in [0.717, 1.165) is 8.95 Å². The Morgan fingerprint density at radius 3 is 2.16 bits per heavy atom. The third-order valence-electron chi connectivity index (χ3n) is 3.64. The van der Waals surface area contributed by atoms with Crippen molar-refractivity contribution in [2.45, 2.75) is 18.7 Å². The summed E-state index contributed by atoms with van der Waals surface area (Å²) >= 11 is 6.74. The predicted octanol–water partition coefficient (Wildman–Crippen LogP) is 4.49. The third kappa shape index (κ3) is 4.69. The van der Waals surface area contributed by atoms with Gasteiger partial charge in [0.15, 0.2) is 0 Å². The van der Waals surface area contributed by atoms with Crippen molar-refractivity contribution in [2.75, 3.05) is 18.4 Å². The van der Waals surface area contributed by atoms with Crippen molar-refractivity contribution in [3.63, 3.8) is 0 Å². The Morgan fingerprint density at radius 2 is 1.64 bits per heavy atom. The molecule has 0 atom stereocenters. The van der Waals surface area contributed by atoms with E-state index in [-0.39, 0.29) is 10.8 Å². The summed E-state index contributed by atoms with van der Waals surface area (Å²) in [6.07, 6.45) is 0. The van der Waals surface area contributed by atoms with E-state index in [1.165, 1.54) is 28.6 Å². The lowest BCUT2D eigenvalue weighted by Gasteiger charge is -2.18. The molecule has 0 saturated carbocycles. The van der Waals surface area contributed by atoms with Crippen LogP contribution in [-0.4, -0.2) is 31.7 Å². The molecule has 1 amide bonds. The zero-order valence-corrected chi connectivity index (χ0v) is 17.8. The average Bonchev–Trinajstić information content (AvgIpc) is 2.58. The molecule has 0 radical (unpaired) electrons. The molecule has 134 valence electrons. The van der Waals surface area contributed by atoms with Gasteiger partial charge in [-0.1, -0.05) is 29.8 Å². The number of nitrogens with zero attached hydrogens (tertiary/aromatic N) is 1. The van der Waals surface area contributed by atoms with Crippen molar-refractivity contribution in [3.8, 4) is 0 Å². The van der Waals surface area contributed by atoms with Gasteiger partial charge < -0.3 is 5.32 Å². The first-order chi connectivity index (χ1) is 11.8. The van der Waals surface area contributed by atoms with Crippen molar-refractivity contribution in [3.05, 3.63) is 57.0 Å². The van der Waals surface area contributed by atoms with Crippen molar-refractivity contribution in [1.29, 1.82) is 0 Å². The zero-order chi connectivity index (χ0) is 18.6. The number of benzene rings is 2. The number of carbonyl (C=O) groups is 1. The molecule has 0 aliphatic rings. The number of sulfonamides is 1. The number of halogens is 2. The van der Waals surface area contributed by atoms with Crippen LogP contribution in [0.1, 0.15) is 24.2 Å². The molecule has 0 saturated heterocycles. The minimum atomic E-state index is -3.53. The molecule has 0 spiro atoms. The maximum Gasteiger partial charge on any atom is 0.255 e. The average molecular weight is 490 g/mol. The first-order valence-electron chi connectivity index (χ1n) is 7.66. The van der Waals surface area contributed by atoms with Crippen LogP contribution in [0, 0.1) is 0 Å². The first-order valence-corrected chi connectivity index (χ1v) is 10.7. The van der Waals surface area contributed by atoms with Crippen LogP contribution in [0.4, 0.5) is 5.69 Å². The van der Waals surface area contributed by atoms with Crippen LogP contribution in [-0.2, 0) is 10.0 Å². The van der Waals surface area contributed by atoms with E-state index in [9.17, 15) is 13.2 Å². The van der Waals surface area contributed by atoms with Gasteiger partial charge in [-0.25, -0.2) is 8.42 Å². The molecule has 0 unspecified atom stereocenters. The molecule has 0 aliphatic heterocycles. The van der Waals surface area contributed by atoms with E-state index in [0.29, 0.717) is 24.3 Å². The summed E-state index contributed by atoms with van der Waals surface area (Å²) < 4.78 is 27.9. The van der Waals surface area contributed by atoms with E-state index < -0.39 is 10.0 Å². The van der Waals surface area contributed by atoms with E-state index in [4.69, 9.17) is 0 Å². The second kappa shape index (κ2) is 8.44. The lowest BCUT2D eigenvalue weighted by Crippen LogP contribution is -2.30. The fraction of sp³-hybridized carbons (Fsp3) is 0.235. The van der Waals surface area contributed by atoms with Gasteiger partial charge in [0.05, 0.1) is 10.6 Å². The second-order valence-electron chi connectivity index (χ2n) is 5.19. The van der Waals surface area contributed by atoms with Crippen LogP contribution in [0.2, 0.25) is 0 Å². The smallest absolute Gasteiger partial charge is 0.255 e. The number of rotatable bonds is 6. The fourth-order valence-electron chi connectivity index (χ4n) is 2.28. The molecule has 1 N–H and O–H groups in total. The van der Waals surface area contributed by atoms with Gasteiger partial charge in [0.1, 0.15) is 0 Å². The zero-order valence-electron chi connectivity index (χ0n) is 13.8. The minimum absolute atomic E-state index is 0.178.